The van der Waals surface area contributed by atoms with Gasteiger partial charge in [0.2, 0.25) is 5.91 Å². The SMILES string of the molecule is CC(c1ccc(F)cc1)N(C)CC(=O)Nc1ccccc1C(=O)Nc1ccc(F)cc1. The molecule has 3 aromatic carbocycles. The van der Waals surface area contributed by atoms with E-state index in [1.807, 2.05) is 11.8 Å². The largest absolute Gasteiger partial charge is 0.324 e. The van der Waals surface area contributed by atoms with Crippen LogP contribution in [0.15, 0.2) is 72.8 Å². The average molecular weight is 423 g/mol. The Labute approximate surface area is 179 Å². The molecule has 0 aromatic heterocycles. The van der Waals surface area contributed by atoms with Crippen LogP contribution in [0.5, 0.6) is 0 Å². The van der Waals surface area contributed by atoms with Crippen LogP contribution in [-0.2, 0) is 4.79 Å². The van der Waals surface area contributed by atoms with Crippen molar-refractivity contribution in [2.45, 2.75) is 13.0 Å². The highest BCUT2D eigenvalue weighted by molar-refractivity contribution is 6.10. The van der Waals surface area contributed by atoms with Crippen LogP contribution < -0.4 is 10.6 Å². The molecular formula is C24H23F2N3O2. The summed E-state index contributed by atoms with van der Waals surface area (Å²) >= 11 is 0. The summed E-state index contributed by atoms with van der Waals surface area (Å²) < 4.78 is 26.2. The van der Waals surface area contributed by atoms with Crippen molar-refractivity contribution in [2.75, 3.05) is 24.2 Å². The number of carbonyl (C=O) groups is 2. The number of nitrogens with one attached hydrogen (secondary N) is 2. The lowest BCUT2D eigenvalue weighted by atomic mass is 10.1. The molecule has 0 saturated carbocycles. The number of hydrogen-bond donors (Lipinski definition) is 2. The van der Waals surface area contributed by atoms with Crippen LogP contribution in [0, 0.1) is 11.6 Å². The molecule has 3 aromatic rings. The smallest absolute Gasteiger partial charge is 0.257 e. The molecule has 5 nitrogen and oxygen atoms in total. The molecule has 0 spiro atoms. The molecule has 2 amide bonds. The fourth-order valence-corrected chi connectivity index (χ4v) is 3.07. The van der Waals surface area contributed by atoms with E-state index in [1.54, 1.807) is 43.4 Å². The van der Waals surface area contributed by atoms with E-state index in [1.165, 1.54) is 36.4 Å². The van der Waals surface area contributed by atoms with E-state index in [0.29, 0.717) is 11.4 Å². The van der Waals surface area contributed by atoms with Crippen LogP contribution >= 0.6 is 0 Å². The summed E-state index contributed by atoms with van der Waals surface area (Å²) in [4.78, 5) is 27.1. The summed E-state index contributed by atoms with van der Waals surface area (Å²) in [5.41, 5.74) is 1.99. The van der Waals surface area contributed by atoms with E-state index >= 15 is 0 Å². The number of likely N-dealkylation sites (N-methyl/N-ethyl adjacent to an activating group) is 1. The third kappa shape index (κ3) is 5.96. The average Bonchev–Trinajstić information content (AvgIpc) is 2.75. The van der Waals surface area contributed by atoms with Gasteiger partial charge in [0.25, 0.3) is 5.91 Å². The van der Waals surface area contributed by atoms with Gasteiger partial charge in [0.05, 0.1) is 17.8 Å². The fourth-order valence-electron chi connectivity index (χ4n) is 3.07. The number of para-hydroxylation sites is 1. The normalized spacial score (nSPS) is 11.8. The first-order chi connectivity index (χ1) is 14.8. The third-order valence-corrected chi connectivity index (χ3v) is 4.95. The van der Waals surface area contributed by atoms with Gasteiger partial charge in [-0.15, -0.1) is 0 Å². The number of rotatable bonds is 7. The quantitative estimate of drug-likeness (QED) is 0.571. The molecule has 0 saturated heterocycles. The van der Waals surface area contributed by atoms with Crippen molar-refractivity contribution in [1.82, 2.24) is 4.90 Å². The molecule has 1 atom stereocenters. The van der Waals surface area contributed by atoms with Crippen molar-refractivity contribution < 1.29 is 18.4 Å². The van der Waals surface area contributed by atoms with Gasteiger partial charge in [-0.05, 0) is 68.1 Å². The minimum Gasteiger partial charge on any atom is -0.324 e. The molecule has 31 heavy (non-hydrogen) atoms. The van der Waals surface area contributed by atoms with E-state index < -0.39 is 11.7 Å². The molecule has 0 fully saturated rings. The maximum absolute atomic E-state index is 13.1. The molecular weight excluding hydrogens is 400 g/mol. The highest BCUT2D eigenvalue weighted by Gasteiger charge is 2.17. The molecule has 0 radical (unpaired) electrons. The van der Waals surface area contributed by atoms with Gasteiger partial charge in [0, 0.05) is 11.7 Å². The molecule has 1 unspecified atom stereocenters. The number of halogens is 2. The number of carbonyl (C=O) groups excluding carboxylic acids is 2. The summed E-state index contributed by atoms with van der Waals surface area (Å²) in [5, 5.41) is 5.46. The summed E-state index contributed by atoms with van der Waals surface area (Å²) in [6.07, 6.45) is 0. The molecule has 0 aliphatic heterocycles. The van der Waals surface area contributed by atoms with E-state index in [4.69, 9.17) is 0 Å². The Morgan fingerprint density at radius 1 is 0.871 bits per heavy atom. The first-order valence-electron chi connectivity index (χ1n) is 9.75. The second-order valence-corrected chi connectivity index (χ2v) is 7.20. The van der Waals surface area contributed by atoms with Crippen molar-refractivity contribution in [3.63, 3.8) is 0 Å². The fraction of sp³-hybridized carbons (Fsp3) is 0.167. The van der Waals surface area contributed by atoms with Crippen LogP contribution in [0.3, 0.4) is 0 Å². The number of nitrogens with zero attached hydrogens (tertiary/aromatic N) is 1. The summed E-state index contributed by atoms with van der Waals surface area (Å²) in [7, 11) is 1.79. The molecule has 0 heterocycles. The van der Waals surface area contributed by atoms with Gasteiger partial charge < -0.3 is 10.6 Å². The van der Waals surface area contributed by atoms with Crippen LogP contribution in [0.2, 0.25) is 0 Å². The number of hydrogen-bond acceptors (Lipinski definition) is 3. The Kier molecular flexibility index (Phi) is 7.10. The Hall–Kier alpha value is -3.58. The topological polar surface area (TPSA) is 61.4 Å². The van der Waals surface area contributed by atoms with Gasteiger partial charge in [0.1, 0.15) is 11.6 Å². The molecule has 0 bridgehead atoms. The second-order valence-electron chi connectivity index (χ2n) is 7.20. The zero-order valence-corrected chi connectivity index (χ0v) is 17.2. The first kappa shape index (κ1) is 22.1. The van der Waals surface area contributed by atoms with Gasteiger partial charge in [0.15, 0.2) is 0 Å². The lowest BCUT2D eigenvalue weighted by Crippen LogP contribution is -2.32. The zero-order valence-electron chi connectivity index (χ0n) is 17.2. The van der Waals surface area contributed by atoms with Gasteiger partial charge in [-0.25, -0.2) is 8.78 Å². The maximum Gasteiger partial charge on any atom is 0.257 e. The second kappa shape index (κ2) is 9.95. The van der Waals surface area contributed by atoms with E-state index in [0.717, 1.165) is 5.56 Å². The Bertz CT molecular complexity index is 1050. The summed E-state index contributed by atoms with van der Waals surface area (Å²) in [6, 6.07) is 18.1. The lowest BCUT2D eigenvalue weighted by molar-refractivity contribution is -0.117. The van der Waals surface area contributed by atoms with Crippen molar-refractivity contribution in [3.8, 4) is 0 Å². The Morgan fingerprint density at radius 2 is 1.45 bits per heavy atom. The Balaban J connectivity index is 1.65. The van der Waals surface area contributed by atoms with Crippen molar-refractivity contribution in [1.29, 1.82) is 0 Å². The minimum atomic E-state index is -0.421. The minimum absolute atomic E-state index is 0.0759. The standard InChI is InChI=1S/C24H23F2N3O2/c1-16(17-7-9-18(25)10-8-17)29(2)15-23(30)28-22-6-4-3-5-21(22)24(31)27-20-13-11-19(26)12-14-20/h3-14,16H,15H2,1-2H3,(H,27,31)(H,28,30). The third-order valence-electron chi connectivity index (χ3n) is 4.95. The predicted octanol–water partition coefficient (Wildman–Crippen LogP) is 4.85. The van der Waals surface area contributed by atoms with Gasteiger partial charge in [-0.2, -0.15) is 0 Å². The molecule has 2 N–H and O–H groups in total. The van der Waals surface area contributed by atoms with E-state index in [2.05, 4.69) is 10.6 Å². The molecule has 0 aliphatic rings. The highest BCUT2D eigenvalue weighted by Crippen LogP contribution is 2.20. The maximum atomic E-state index is 13.1. The molecule has 7 heteroatoms. The highest BCUT2D eigenvalue weighted by atomic mass is 19.1. The molecule has 3 rings (SSSR count). The zero-order chi connectivity index (χ0) is 22.4. The number of anilines is 2. The predicted molar refractivity (Wildman–Crippen MR) is 117 cm³/mol. The number of benzene rings is 3. The van der Waals surface area contributed by atoms with E-state index in [9.17, 15) is 18.4 Å². The molecule has 0 aliphatic carbocycles. The summed E-state index contributed by atoms with van der Waals surface area (Å²) in [6.45, 7) is 2.00. The van der Waals surface area contributed by atoms with Gasteiger partial charge >= 0.3 is 0 Å². The van der Waals surface area contributed by atoms with Gasteiger partial charge in [-0.1, -0.05) is 24.3 Å². The van der Waals surface area contributed by atoms with Crippen molar-refractivity contribution >= 4 is 23.2 Å². The van der Waals surface area contributed by atoms with Gasteiger partial charge in [-0.3, -0.25) is 14.5 Å². The Morgan fingerprint density at radius 3 is 2.10 bits per heavy atom. The van der Waals surface area contributed by atoms with Crippen molar-refractivity contribution in [2.24, 2.45) is 0 Å². The monoisotopic (exact) mass is 423 g/mol. The van der Waals surface area contributed by atoms with Crippen LogP contribution in [0.1, 0.15) is 28.9 Å². The van der Waals surface area contributed by atoms with Crippen LogP contribution in [-0.4, -0.2) is 30.3 Å². The summed E-state index contributed by atoms with van der Waals surface area (Å²) in [5.74, 6) is -1.43. The number of amides is 2. The molecule has 160 valence electrons. The van der Waals surface area contributed by atoms with E-state index in [-0.39, 0.29) is 29.9 Å². The van der Waals surface area contributed by atoms with Crippen molar-refractivity contribution in [3.05, 3.63) is 95.6 Å². The first-order valence-corrected chi connectivity index (χ1v) is 9.75. The van der Waals surface area contributed by atoms with Crippen LogP contribution in [0.4, 0.5) is 20.2 Å². The lowest BCUT2D eigenvalue weighted by Gasteiger charge is -2.24. The van der Waals surface area contributed by atoms with Crippen LogP contribution in [0.25, 0.3) is 0 Å².